The Bertz CT molecular complexity index is 767. The second-order valence-corrected chi connectivity index (χ2v) is 6.62. The fourth-order valence-electron chi connectivity index (χ4n) is 2.86. The van der Waals surface area contributed by atoms with Crippen LogP contribution < -0.4 is 10.2 Å². The third-order valence-electron chi connectivity index (χ3n) is 4.28. The maximum Gasteiger partial charge on any atom is 0.248 e. The molecule has 0 unspecified atom stereocenters. The summed E-state index contributed by atoms with van der Waals surface area (Å²) in [6.07, 6.45) is 3.30. The summed E-state index contributed by atoms with van der Waals surface area (Å²) < 4.78 is 0. The predicted molar refractivity (Wildman–Crippen MR) is 105 cm³/mol. The number of benzene rings is 2. The number of amides is 1. The van der Waals surface area contributed by atoms with Gasteiger partial charge in [-0.05, 0) is 43.0 Å². The van der Waals surface area contributed by atoms with Crippen molar-refractivity contribution in [3.05, 3.63) is 65.2 Å². The van der Waals surface area contributed by atoms with Gasteiger partial charge in [0, 0.05) is 37.3 Å². The fraction of sp³-hybridized carbons (Fsp3) is 0.250. The van der Waals surface area contributed by atoms with Crippen LogP contribution in [0.5, 0.6) is 0 Å². The molecule has 1 amide bonds. The summed E-state index contributed by atoms with van der Waals surface area (Å²) in [6, 6.07) is 15.4. The van der Waals surface area contributed by atoms with E-state index in [-0.39, 0.29) is 5.91 Å². The van der Waals surface area contributed by atoms with E-state index in [0.29, 0.717) is 5.02 Å². The number of carbonyl (C=O) groups excluding carboxylic acids is 1. The Balaban J connectivity index is 1.69. The monoisotopic (exact) mass is 355 g/mol. The van der Waals surface area contributed by atoms with E-state index in [1.807, 2.05) is 42.5 Å². The van der Waals surface area contributed by atoms with Crippen molar-refractivity contribution in [3.63, 3.8) is 0 Å². The average Bonchev–Trinajstić information content (AvgIpc) is 2.61. The van der Waals surface area contributed by atoms with E-state index >= 15 is 0 Å². The molecular formula is C20H22ClN3O. The highest BCUT2D eigenvalue weighted by atomic mass is 35.5. The fourth-order valence-corrected chi connectivity index (χ4v) is 3.06. The number of rotatable bonds is 4. The number of hydrogen-bond acceptors (Lipinski definition) is 3. The zero-order valence-corrected chi connectivity index (χ0v) is 15.0. The van der Waals surface area contributed by atoms with Gasteiger partial charge in [-0.25, -0.2) is 0 Å². The first-order valence-electron chi connectivity index (χ1n) is 8.39. The van der Waals surface area contributed by atoms with Gasteiger partial charge in [0.05, 0.1) is 11.4 Å². The van der Waals surface area contributed by atoms with Crippen LogP contribution in [0.15, 0.2) is 54.6 Å². The third-order valence-corrected chi connectivity index (χ3v) is 4.52. The van der Waals surface area contributed by atoms with Gasteiger partial charge >= 0.3 is 0 Å². The zero-order chi connectivity index (χ0) is 17.6. The van der Waals surface area contributed by atoms with Crippen LogP contribution in [0.4, 0.5) is 11.4 Å². The number of anilines is 2. The Kier molecular flexibility index (Phi) is 5.74. The molecule has 1 fully saturated rings. The maximum absolute atomic E-state index is 12.3. The van der Waals surface area contributed by atoms with E-state index in [9.17, 15) is 4.79 Å². The van der Waals surface area contributed by atoms with Crippen LogP contribution in [0.25, 0.3) is 6.08 Å². The Morgan fingerprint density at radius 1 is 1.08 bits per heavy atom. The smallest absolute Gasteiger partial charge is 0.248 e. The summed E-state index contributed by atoms with van der Waals surface area (Å²) in [4.78, 5) is 16.9. The molecule has 1 aliphatic heterocycles. The maximum atomic E-state index is 12.3. The van der Waals surface area contributed by atoms with Crippen LogP contribution in [0, 0.1) is 0 Å². The lowest BCUT2D eigenvalue weighted by Crippen LogP contribution is -2.44. The molecule has 0 spiro atoms. The molecule has 1 N–H and O–H groups in total. The van der Waals surface area contributed by atoms with Gasteiger partial charge in [0.2, 0.25) is 5.91 Å². The lowest BCUT2D eigenvalue weighted by molar-refractivity contribution is -0.111. The minimum Gasteiger partial charge on any atom is -0.367 e. The first-order valence-corrected chi connectivity index (χ1v) is 8.77. The van der Waals surface area contributed by atoms with Crippen LogP contribution in [0.3, 0.4) is 0 Å². The summed E-state index contributed by atoms with van der Waals surface area (Å²) in [5, 5.41) is 3.65. The topological polar surface area (TPSA) is 35.6 Å². The Morgan fingerprint density at radius 3 is 2.60 bits per heavy atom. The molecule has 2 aromatic rings. The SMILES string of the molecule is CN1CCN(c2ccccc2NC(=O)/C=C/c2cccc(Cl)c2)CC1. The predicted octanol–water partition coefficient (Wildman–Crippen LogP) is 3.74. The third kappa shape index (κ3) is 4.84. The second kappa shape index (κ2) is 8.19. The number of halogens is 1. The molecule has 5 heteroatoms. The van der Waals surface area contributed by atoms with Crippen molar-refractivity contribution in [2.24, 2.45) is 0 Å². The van der Waals surface area contributed by atoms with Crippen molar-refractivity contribution >= 4 is 35.0 Å². The van der Waals surface area contributed by atoms with Crippen molar-refractivity contribution in [1.82, 2.24) is 4.90 Å². The molecule has 130 valence electrons. The molecule has 25 heavy (non-hydrogen) atoms. The molecule has 1 aliphatic rings. The minimum absolute atomic E-state index is 0.151. The van der Waals surface area contributed by atoms with E-state index in [4.69, 9.17) is 11.6 Å². The van der Waals surface area contributed by atoms with Crippen LogP contribution in [0.2, 0.25) is 5.02 Å². The summed E-state index contributed by atoms with van der Waals surface area (Å²) in [6.45, 7) is 3.97. The molecular weight excluding hydrogens is 334 g/mol. The molecule has 0 aromatic heterocycles. The van der Waals surface area contributed by atoms with Gasteiger partial charge in [0.1, 0.15) is 0 Å². The highest BCUT2D eigenvalue weighted by molar-refractivity contribution is 6.30. The van der Waals surface area contributed by atoms with E-state index in [1.54, 1.807) is 6.08 Å². The normalized spacial score (nSPS) is 15.5. The van der Waals surface area contributed by atoms with E-state index in [2.05, 4.69) is 28.2 Å². The van der Waals surface area contributed by atoms with Gasteiger partial charge in [0.15, 0.2) is 0 Å². The molecule has 2 aromatic carbocycles. The number of hydrogen-bond donors (Lipinski definition) is 1. The number of likely N-dealkylation sites (N-methyl/N-ethyl adjacent to an activating group) is 1. The minimum atomic E-state index is -0.151. The van der Waals surface area contributed by atoms with Crippen LogP contribution in [-0.2, 0) is 4.79 Å². The first-order chi connectivity index (χ1) is 12.1. The average molecular weight is 356 g/mol. The standard InChI is InChI=1S/C20H22ClN3O/c1-23-11-13-24(14-12-23)19-8-3-2-7-18(19)22-20(25)10-9-16-5-4-6-17(21)15-16/h2-10,15H,11-14H2,1H3,(H,22,25)/b10-9+. The zero-order valence-electron chi connectivity index (χ0n) is 14.3. The summed E-state index contributed by atoms with van der Waals surface area (Å²) in [5.41, 5.74) is 2.81. The van der Waals surface area contributed by atoms with Crippen molar-refractivity contribution in [2.75, 3.05) is 43.4 Å². The molecule has 1 saturated heterocycles. The van der Waals surface area contributed by atoms with Gasteiger partial charge in [0.25, 0.3) is 0 Å². The second-order valence-electron chi connectivity index (χ2n) is 6.19. The van der Waals surface area contributed by atoms with Gasteiger partial charge in [-0.1, -0.05) is 35.9 Å². The molecule has 0 radical (unpaired) electrons. The van der Waals surface area contributed by atoms with Crippen molar-refractivity contribution < 1.29 is 4.79 Å². The van der Waals surface area contributed by atoms with Crippen molar-refractivity contribution in [3.8, 4) is 0 Å². The van der Waals surface area contributed by atoms with Gasteiger partial charge in [-0.2, -0.15) is 0 Å². The Labute approximate surface area is 153 Å². The highest BCUT2D eigenvalue weighted by Crippen LogP contribution is 2.26. The van der Waals surface area contributed by atoms with Crippen LogP contribution >= 0.6 is 11.6 Å². The van der Waals surface area contributed by atoms with Crippen molar-refractivity contribution in [1.29, 1.82) is 0 Å². The Morgan fingerprint density at radius 2 is 1.84 bits per heavy atom. The highest BCUT2D eigenvalue weighted by Gasteiger charge is 2.17. The molecule has 4 nitrogen and oxygen atoms in total. The van der Waals surface area contributed by atoms with Gasteiger partial charge in [-0.15, -0.1) is 0 Å². The molecule has 3 rings (SSSR count). The number of para-hydroxylation sites is 2. The molecule has 0 saturated carbocycles. The van der Waals surface area contributed by atoms with E-state index < -0.39 is 0 Å². The lowest BCUT2D eigenvalue weighted by atomic mass is 10.2. The molecule has 1 heterocycles. The van der Waals surface area contributed by atoms with Gasteiger partial charge < -0.3 is 15.1 Å². The number of nitrogens with one attached hydrogen (secondary N) is 1. The number of piperazine rings is 1. The van der Waals surface area contributed by atoms with E-state index in [0.717, 1.165) is 43.1 Å². The first kappa shape index (κ1) is 17.5. The largest absolute Gasteiger partial charge is 0.367 e. The summed E-state index contributed by atoms with van der Waals surface area (Å²) in [7, 11) is 2.13. The molecule has 0 atom stereocenters. The summed E-state index contributed by atoms with van der Waals surface area (Å²) >= 11 is 5.96. The Hall–Kier alpha value is -2.30. The number of nitrogens with zero attached hydrogens (tertiary/aromatic N) is 2. The molecule has 0 bridgehead atoms. The quantitative estimate of drug-likeness (QED) is 0.848. The van der Waals surface area contributed by atoms with Crippen LogP contribution in [0.1, 0.15) is 5.56 Å². The lowest BCUT2D eigenvalue weighted by Gasteiger charge is -2.35. The number of carbonyl (C=O) groups is 1. The van der Waals surface area contributed by atoms with Gasteiger partial charge in [-0.3, -0.25) is 4.79 Å². The molecule has 0 aliphatic carbocycles. The van der Waals surface area contributed by atoms with Crippen LogP contribution in [-0.4, -0.2) is 44.0 Å². The van der Waals surface area contributed by atoms with Crippen molar-refractivity contribution in [2.45, 2.75) is 0 Å². The van der Waals surface area contributed by atoms with E-state index in [1.165, 1.54) is 6.08 Å². The summed E-state index contributed by atoms with van der Waals surface area (Å²) in [5.74, 6) is -0.151.